The zero-order valence-corrected chi connectivity index (χ0v) is 19.6. The van der Waals surface area contributed by atoms with Crippen molar-refractivity contribution in [2.75, 3.05) is 6.26 Å². The van der Waals surface area contributed by atoms with E-state index in [1.807, 2.05) is 0 Å². The first-order valence-corrected chi connectivity index (χ1v) is 13.2. The first-order valence-electron chi connectivity index (χ1n) is 9.48. The van der Waals surface area contributed by atoms with Gasteiger partial charge in [-0.1, -0.05) is 41.9 Å². The smallest absolute Gasteiger partial charge is 0.224 e. The van der Waals surface area contributed by atoms with Crippen LogP contribution in [0.2, 0.25) is 5.02 Å². The monoisotopic (exact) mass is 517 g/mol. The van der Waals surface area contributed by atoms with Gasteiger partial charge in [-0.05, 0) is 53.6 Å². The lowest BCUT2D eigenvalue weighted by Gasteiger charge is -2.23. The molecule has 176 valence electrons. The van der Waals surface area contributed by atoms with Gasteiger partial charge in [-0.2, -0.15) is 17.5 Å². The molecule has 0 bridgehead atoms. The van der Waals surface area contributed by atoms with Gasteiger partial charge in [0.05, 0.1) is 15.4 Å². The molecule has 0 unspecified atom stereocenters. The molecule has 0 saturated carbocycles. The Balaban J connectivity index is 2.00. The van der Waals surface area contributed by atoms with E-state index in [2.05, 4.69) is 0 Å². The molecular weight excluding hydrogens is 499 g/mol. The summed E-state index contributed by atoms with van der Waals surface area (Å²) >= 11 is 5.85. The molecule has 0 aliphatic rings. The first kappa shape index (κ1) is 25.2. The van der Waals surface area contributed by atoms with E-state index >= 15 is 0 Å². The predicted molar refractivity (Wildman–Crippen MR) is 119 cm³/mol. The highest BCUT2D eigenvalue weighted by molar-refractivity contribution is 7.90. The lowest BCUT2D eigenvalue weighted by atomic mass is 10.1. The van der Waals surface area contributed by atoms with Gasteiger partial charge >= 0.3 is 6.18 Å². The van der Waals surface area contributed by atoms with Crippen molar-refractivity contribution < 1.29 is 30.0 Å². The minimum atomic E-state index is -4.57. The molecule has 0 amide bonds. The highest BCUT2D eigenvalue weighted by atomic mass is 35.5. The number of benzene rings is 3. The third kappa shape index (κ3) is 6.35. The van der Waals surface area contributed by atoms with Crippen LogP contribution < -0.4 is 0 Å². The van der Waals surface area contributed by atoms with Crippen LogP contribution in [-0.4, -0.2) is 27.4 Å². The summed E-state index contributed by atoms with van der Waals surface area (Å²) in [5, 5.41) is 0.328. The number of hydrogen-bond donors (Lipinski definition) is 0. The van der Waals surface area contributed by atoms with Gasteiger partial charge in [0.2, 0.25) is 10.0 Å². The molecule has 0 spiro atoms. The molecule has 0 heterocycles. The summed E-state index contributed by atoms with van der Waals surface area (Å²) in [6, 6.07) is 15.5. The van der Waals surface area contributed by atoms with E-state index in [0.717, 1.165) is 22.7 Å². The Morgan fingerprint density at radius 1 is 0.788 bits per heavy atom. The Morgan fingerprint density at radius 3 is 1.88 bits per heavy atom. The van der Waals surface area contributed by atoms with E-state index < -0.39 is 31.6 Å². The molecule has 0 saturated heterocycles. The second-order valence-corrected chi connectivity index (χ2v) is 11.7. The zero-order valence-electron chi connectivity index (χ0n) is 17.3. The summed E-state index contributed by atoms with van der Waals surface area (Å²) < 4.78 is 90.4. The zero-order chi connectivity index (χ0) is 24.4. The van der Waals surface area contributed by atoms with Crippen molar-refractivity contribution in [1.29, 1.82) is 0 Å². The van der Waals surface area contributed by atoms with Crippen LogP contribution in [0.5, 0.6) is 0 Å². The molecule has 0 aliphatic heterocycles. The van der Waals surface area contributed by atoms with E-state index in [1.165, 1.54) is 60.7 Å². The van der Waals surface area contributed by atoms with Crippen molar-refractivity contribution in [3.63, 3.8) is 0 Å². The Hall–Kier alpha value is -2.40. The second kappa shape index (κ2) is 9.46. The number of nitrogens with zero attached hydrogens (tertiary/aromatic N) is 1. The van der Waals surface area contributed by atoms with Crippen LogP contribution in [0.4, 0.5) is 13.2 Å². The van der Waals surface area contributed by atoms with Crippen LogP contribution in [0.3, 0.4) is 0 Å². The summed E-state index contributed by atoms with van der Waals surface area (Å²) in [5.41, 5.74) is -0.275. The maximum absolute atomic E-state index is 13.3. The van der Waals surface area contributed by atoms with E-state index in [4.69, 9.17) is 11.6 Å². The van der Waals surface area contributed by atoms with Crippen LogP contribution in [0.25, 0.3) is 0 Å². The molecule has 0 fully saturated rings. The molecule has 0 N–H and O–H groups in total. The first-order chi connectivity index (χ1) is 15.3. The molecule has 33 heavy (non-hydrogen) atoms. The standard InChI is InChI=1S/C22H19ClF3NO4S2/c1-32(28,29)20-9-5-16(6-10-20)14-27(33(30,31)21-11-7-19(23)8-12-21)15-17-3-2-4-18(13-17)22(24,25)26/h2-13H,14-15H2,1H3. The minimum Gasteiger partial charge on any atom is -0.224 e. The molecule has 5 nitrogen and oxygen atoms in total. The number of hydrogen-bond acceptors (Lipinski definition) is 4. The fraction of sp³-hybridized carbons (Fsp3) is 0.182. The summed E-state index contributed by atoms with van der Waals surface area (Å²) in [6.07, 6.45) is -3.52. The van der Waals surface area contributed by atoms with Crippen molar-refractivity contribution in [2.24, 2.45) is 0 Å². The van der Waals surface area contributed by atoms with E-state index in [9.17, 15) is 30.0 Å². The van der Waals surface area contributed by atoms with Crippen molar-refractivity contribution in [1.82, 2.24) is 4.31 Å². The average Bonchev–Trinajstić information content (AvgIpc) is 2.73. The van der Waals surface area contributed by atoms with Gasteiger partial charge in [-0.25, -0.2) is 16.8 Å². The SMILES string of the molecule is CS(=O)(=O)c1ccc(CN(Cc2cccc(C(F)(F)F)c2)S(=O)(=O)c2ccc(Cl)cc2)cc1. The molecule has 3 aromatic rings. The number of sulfone groups is 1. The highest BCUT2D eigenvalue weighted by Gasteiger charge is 2.31. The molecule has 11 heteroatoms. The van der Waals surface area contributed by atoms with Crippen LogP contribution in [-0.2, 0) is 39.1 Å². The minimum absolute atomic E-state index is 0.0660. The van der Waals surface area contributed by atoms with Crippen molar-refractivity contribution in [3.05, 3.63) is 94.5 Å². The van der Waals surface area contributed by atoms with Crippen LogP contribution in [0, 0.1) is 0 Å². The largest absolute Gasteiger partial charge is 0.416 e. The van der Waals surface area contributed by atoms with Crippen molar-refractivity contribution in [2.45, 2.75) is 29.1 Å². The van der Waals surface area contributed by atoms with Gasteiger partial charge in [0.25, 0.3) is 0 Å². The van der Waals surface area contributed by atoms with Gasteiger partial charge in [0.1, 0.15) is 0 Å². The summed E-state index contributed by atoms with van der Waals surface area (Å²) in [6.45, 7) is -0.520. The number of alkyl halides is 3. The van der Waals surface area contributed by atoms with Gasteiger partial charge in [0.15, 0.2) is 9.84 Å². The normalized spacial score (nSPS) is 12.8. The van der Waals surface area contributed by atoms with Gasteiger partial charge < -0.3 is 0 Å². The number of rotatable bonds is 7. The topological polar surface area (TPSA) is 71.5 Å². The summed E-state index contributed by atoms with van der Waals surface area (Å²) in [5.74, 6) is 0. The van der Waals surface area contributed by atoms with Crippen LogP contribution in [0.1, 0.15) is 16.7 Å². The van der Waals surface area contributed by atoms with E-state index in [1.54, 1.807) is 0 Å². The molecule has 3 rings (SSSR count). The van der Waals surface area contributed by atoms with E-state index in [-0.39, 0.29) is 28.4 Å². The van der Waals surface area contributed by atoms with Gasteiger partial charge in [-0.3, -0.25) is 0 Å². The predicted octanol–water partition coefficient (Wildman–Crippen LogP) is 5.15. The lowest BCUT2D eigenvalue weighted by molar-refractivity contribution is -0.137. The van der Waals surface area contributed by atoms with Crippen molar-refractivity contribution >= 4 is 31.5 Å². The fourth-order valence-electron chi connectivity index (χ4n) is 3.08. The maximum atomic E-state index is 13.3. The Bertz CT molecular complexity index is 1340. The molecule has 3 aromatic carbocycles. The van der Waals surface area contributed by atoms with Gasteiger partial charge in [-0.15, -0.1) is 0 Å². The molecular formula is C22H19ClF3NO4S2. The molecule has 0 radical (unpaired) electrons. The number of halogens is 4. The molecule has 0 aromatic heterocycles. The van der Waals surface area contributed by atoms with Gasteiger partial charge in [0, 0.05) is 24.4 Å². The molecule has 0 aliphatic carbocycles. The third-order valence-electron chi connectivity index (χ3n) is 4.78. The molecule has 0 atom stereocenters. The fourth-order valence-corrected chi connectivity index (χ4v) is 5.25. The van der Waals surface area contributed by atoms with Crippen LogP contribution in [0.15, 0.2) is 82.6 Å². The maximum Gasteiger partial charge on any atom is 0.416 e. The third-order valence-corrected chi connectivity index (χ3v) is 7.96. The summed E-state index contributed by atoms with van der Waals surface area (Å²) in [7, 11) is -7.57. The summed E-state index contributed by atoms with van der Waals surface area (Å²) in [4.78, 5) is -0.0112. The quantitative estimate of drug-likeness (QED) is 0.434. The Morgan fingerprint density at radius 2 is 1.33 bits per heavy atom. The lowest BCUT2D eigenvalue weighted by Crippen LogP contribution is -2.30. The van der Waals surface area contributed by atoms with Crippen molar-refractivity contribution in [3.8, 4) is 0 Å². The average molecular weight is 518 g/mol. The highest BCUT2D eigenvalue weighted by Crippen LogP contribution is 2.30. The number of sulfonamides is 1. The Labute approximate surface area is 195 Å². The Kier molecular flexibility index (Phi) is 7.23. The van der Waals surface area contributed by atoms with Crippen LogP contribution >= 0.6 is 11.6 Å². The second-order valence-electron chi connectivity index (χ2n) is 7.34. The van der Waals surface area contributed by atoms with E-state index in [0.29, 0.717) is 10.6 Å².